The third-order valence-electron chi connectivity index (χ3n) is 3.12. The summed E-state index contributed by atoms with van der Waals surface area (Å²) < 4.78 is 0. The van der Waals surface area contributed by atoms with Gasteiger partial charge in [-0.15, -0.1) is 0 Å². The van der Waals surface area contributed by atoms with E-state index >= 15 is 0 Å². The molecule has 16 heavy (non-hydrogen) atoms. The molecule has 1 atom stereocenters. The number of nitrogens with one attached hydrogen (secondary N) is 1. The molecule has 0 saturated heterocycles. The first-order chi connectivity index (χ1) is 7.47. The van der Waals surface area contributed by atoms with Crippen molar-refractivity contribution in [1.29, 1.82) is 0 Å². The SMILES string of the molecule is Cc1ccc(NC(=O)C(C)CN)c(C)c1C. The van der Waals surface area contributed by atoms with Crippen LogP contribution in [-0.4, -0.2) is 12.5 Å². The second-order valence-electron chi connectivity index (χ2n) is 4.31. The lowest BCUT2D eigenvalue weighted by Gasteiger charge is -2.14. The molecule has 3 N–H and O–H groups in total. The van der Waals surface area contributed by atoms with Crippen molar-refractivity contribution in [3.05, 3.63) is 28.8 Å². The Hall–Kier alpha value is -1.35. The van der Waals surface area contributed by atoms with Gasteiger partial charge in [0, 0.05) is 18.2 Å². The molecule has 1 unspecified atom stereocenters. The molecule has 0 fully saturated rings. The molecular weight excluding hydrogens is 200 g/mol. The predicted octanol–water partition coefficient (Wildman–Crippen LogP) is 2.15. The van der Waals surface area contributed by atoms with Gasteiger partial charge in [0.25, 0.3) is 0 Å². The van der Waals surface area contributed by atoms with Crippen LogP contribution in [0.25, 0.3) is 0 Å². The first kappa shape index (κ1) is 12.7. The molecule has 0 saturated carbocycles. The highest BCUT2D eigenvalue weighted by Gasteiger charge is 2.12. The van der Waals surface area contributed by atoms with Gasteiger partial charge in [0.2, 0.25) is 5.91 Å². The minimum Gasteiger partial charge on any atom is -0.330 e. The molecule has 3 nitrogen and oxygen atoms in total. The van der Waals surface area contributed by atoms with Crippen LogP contribution in [0.4, 0.5) is 5.69 Å². The number of aryl methyl sites for hydroxylation is 1. The van der Waals surface area contributed by atoms with Crippen LogP contribution in [0.15, 0.2) is 12.1 Å². The van der Waals surface area contributed by atoms with Gasteiger partial charge in [-0.1, -0.05) is 13.0 Å². The second kappa shape index (κ2) is 5.12. The number of nitrogens with two attached hydrogens (primary N) is 1. The zero-order valence-corrected chi connectivity index (χ0v) is 10.4. The van der Waals surface area contributed by atoms with Gasteiger partial charge in [0.05, 0.1) is 0 Å². The monoisotopic (exact) mass is 220 g/mol. The van der Waals surface area contributed by atoms with Gasteiger partial charge in [-0.3, -0.25) is 4.79 Å². The number of rotatable bonds is 3. The third-order valence-corrected chi connectivity index (χ3v) is 3.12. The lowest BCUT2D eigenvalue weighted by atomic mass is 10.0. The summed E-state index contributed by atoms with van der Waals surface area (Å²) in [4.78, 5) is 11.7. The Kier molecular flexibility index (Phi) is 4.07. The van der Waals surface area contributed by atoms with E-state index in [-0.39, 0.29) is 11.8 Å². The summed E-state index contributed by atoms with van der Waals surface area (Å²) in [6.45, 7) is 8.34. The molecule has 88 valence electrons. The molecule has 0 aliphatic carbocycles. The normalized spacial score (nSPS) is 12.3. The first-order valence-electron chi connectivity index (χ1n) is 5.55. The maximum absolute atomic E-state index is 11.7. The number of benzene rings is 1. The fourth-order valence-corrected chi connectivity index (χ4v) is 1.45. The van der Waals surface area contributed by atoms with Crippen LogP contribution in [0.1, 0.15) is 23.6 Å². The standard InChI is InChI=1S/C13H20N2O/c1-8-5-6-12(11(4)10(8)3)15-13(16)9(2)7-14/h5-6,9H,7,14H2,1-4H3,(H,15,16). The highest BCUT2D eigenvalue weighted by molar-refractivity contribution is 5.93. The van der Waals surface area contributed by atoms with Crippen LogP contribution in [0.2, 0.25) is 0 Å². The van der Waals surface area contributed by atoms with Crippen LogP contribution in [0.5, 0.6) is 0 Å². The highest BCUT2D eigenvalue weighted by atomic mass is 16.1. The summed E-state index contributed by atoms with van der Waals surface area (Å²) in [5.41, 5.74) is 9.92. The Bertz CT molecular complexity index is 399. The van der Waals surface area contributed by atoms with Crippen LogP contribution in [0.3, 0.4) is 0 Å². The molecule has 0 spiro atoms. The quantitative estimate of drug-likeness (QED) is 0.820. The molecule has 1 aromatic rings. The van der Waals surface area contributed by atoms with E-state index in [9.17, 15) is 4.79 Å². The number of anilines is 1. The topological polar surface area (TPSA) is 55.1 Å². The van der Waals surface area contributed by atoms with Gasteiger partial charge < -0.3 is 11.1 Å². The molecule has 0 bridgehead atoms. The fourth-order valence-electron chi connectivity index (χ4n) is 1.45. The van der Waals surface area contributed by atoms with Gasteiger partial charge in [-0.05, 0) is 43.5 Å². The molecule has 0 radical (unpaired) electrons. The summed E-state index contributed by atoms with van der Waals surface area (Å²) in [5.74, 6) is -0.171. The van der Waals surface area contributed by atoms with E-state index in [2.05, 4.69) is 19.2 Å². The van der Waals surface area contributed by atoms with E-state index in [1.165, 1.54) is 11.1 Å². The summed E-state index contributed by atoms with van der Waals surface area (Å²) in [6, 6.07) is 3.96. The number of carbonyl (C=O) groups is 1. The zero-order valence-electron chi connectivity index (χ0n) is 10.4. The van der Waals surface area contributed by atoms with Crippen molar-refractivity contribution in [2.45, 2.75) is 27.7 Å². The smallest absolute Gasteiger partial charge is 0.228 e. The van der Waals surface area contributed by atoms with E-state index in [0.29, 0.717) is 6.54 Å². The summed E-state index contributed by atoms with van der Waals surface area (Å²) >= 11 is 0. The molecule has 1 aromatic carbocycles. The largest absolute Gasteiger partial charge is 0.330 e. The zero-order chi connectivity index (χ0) is 12.3. The first-order valence-corrected chi connectivity index (χ1v) is 5.55. The van der Waals surface area contributed by atoms with E-state index < -0.39 is 0 Å². The Morgan fingerprint density at radius 2 is 1.94 bits per heavy atom. The van der Waals surface area contributed by atoms with Crippen LogP contribution >= 0.6 is 0 Å². The fraction of sp³-hybridized carbons (Fsp3) is 0.462. The molecule has 0 aromatic heterocycles. The number of carbonyl (C=O) groups excluding carboxylic acids is 1. The molecule has 0 aliphatic heterocycles. The van der Waals surface area contributed by atoms with Gasteiger partial charge in [0.1, 0.15) is 0 Å². The molecular formula is C13H20N2O. The third kappa shape index (κ3) is 2.61. The van der Waals surface area contributed by atoms with Crippen molar-refractivity contribution < 1.29 is 4.79 Å². The number of hydrogen-bond donors (Lipinski definition) is 2. The van der Waals surface area contributed by atoms with Crippen molar-refractivity contribution in [2.75, 3.05) is 11.9 Å². The average molecular weight is 220 g/mol. The maximum Gasteiger partial charge on any atom is 0.228 e. The molecule has 0 aliphatic rings. The van der Waals surface area contributed by atoms with Crippen molar-refractivity contribution in [3.8, 4) is 0 Å². The van der Waals surface area contributed by atoms with Crippen molar-refractivity contribution in [3.63, 3.8) is 0 Å². The molecule has 1 rings (SSSR count). The Morgan fingerprint density at radius 1 is 1.31 bits per heavy atom. The predicted molar refractivity (Wildman–Crippen MR) is 67.5 cm³/mol. The minimum atomic E-state index is -0.152. The highest BCUT2D eigenvalue weighted by Crippen LogP contribution is 2.21. The maximum atomic E-state index is 11.7. The molecule has 0 heterocycles. The molecule has 1 amide bonds. The summed E-state index contributed by atoms with van der Waals surface area (Å²) in [7, 11) is 0. The van der Waals surface area contributed by atoms with Gasteiger partial charge in [0.15, 0.2) is 0 Å². The van der Waals surface area contributed by atoms with E-state index in [1.54, 1.807) is 0 Å². The van der Waals surface area contributed by atoms with Gasteiger partial charge >= 0.3 is 0 Å². The van der Waals surface area contributed by atoms with Gasteiger partial charge in [-0.2, -0.15) is 0 Å². The summed E-state index contributed by atoms with van der Waals surface area (Å²) in [5, 5.41) is 2.91. The second-order valence-corrected chi connectivity index (χ2v) is 4.31. The number of amides is 1. The van der Waals surface area contributed by atoms with Gasteiger partial charge in [-0.25, -0.2) is 0 Å². The van der Waals surface area contributed by atoms with E-state index in [0.717, 1.165) is 11.3 Å². The minimum absolute atomic E-state index is 0.0196. The Morgan fingerprint density at radius 3 is 2.50 bits per heavy atom. The summed E-state index contributed by atoms with van der Waals surface area (Å²) in [6.07, 6.45) is 0. The van der Waals surface area contributed by atoms with Crippen molar-refractivity contribution in [1.82, 2.24) is 0 Å². The van der Waals surface area contributed by atoms with Crippen LogP contribution in [0, 0.1) is 26.7 Å². The van der Waals surface area contributed by atoms with Crippen molar-refractivity contribution in [2.24, 2.45) is 11.7 Å². The lowest BCUT2D eigenvalue weighted by molar-refractivity contribution is -0.119. The number of hydrogen-bond acceptors (Lipinski definition) is 2. The average Bonchev–Trinajstić information content (AvgIpc) is 2.28. The Balaban J connectivity index is 2.91. The molecule has 3 heteroatoms. The van der Waals surface area contributed by atoms with Crippen LogP contribution in [-0.2, 0) is 4.79 Å². The lowest BCUT2D eigenvalue weighted by Crippen LogP contribution is -2.27. The van der Waals surface area contributed by atoms with E-state index in [1.807, 2.05) is 26.0 Å². The van der Waals surface area contributed by atoms with Crippen molar-refractivity contribution >= 4 is 11.6 Å². The van der Waals surface area contributed by atoms with Crippen LogP contribution < -0.4 is 11.1 Å². The van der Waals surface area contributed by atoms with E-state index in [4.69, 9.17) is 5.73 Å². The Labute approximate surface area is 97.0 Å².